The Bertz CT molecular complexity index is 479. The van der Waals surface area contributed by atoms with Gasteiger partial charge in [0.05, 0.1) is 6.61 Å². The number of nitrogens with one attached hydrogen (secondary N) is 1. The Morgan fingerprint density at radius 3 is 2.67 bits per heavy atom. The average molecular weight is 310 g/mol. The molecule has 0 aromatic carbocycles. The molecule has 1 unspecified atom stereocenters. The van der Waals surface area contributed by atoms with Crippen LogP contribution in [0, 0.1) is 13.8 Å². The largest absolute Gasteiger partial charge is 0.450 e. The van der Waals surface area contributed by atoms with Crippen molar-refractivity contribution in [3.8, 4) is 0 Å². The summed E-state index contributed by atoms with van der Waals surface area (Å²) in [7, 11) is 0. The molecule has 1 aliphatic heterocycles. The van der Waals surface area contributed by atoms with Crippen LogP contribution >= 0.6 is 11.3 Å². The normalized spacial score (nSPS) is 17.8. The summed E-state index contributed by atoms with van der Waals surface area (Å²) in [5.41, 5.74) is 1.41. The Kier molecular flexibility index (Phi) is 5.65. The fourth-order valence-corrected chi connectivity index (χ4v) is 3.99. The molecule has 0 bridgehead atoms. The van der Waals surface area contributed by atoms with Gasteiger partial charge in [-0.2, -0.15) is 0 Å². The van der Waals surface area contributed by atoms with E-state index in [4.69, 9.17) is 4.74 Å². The van der Waals surface area contributed by atoms with Crippen molar-refractivity contribution in [2.45, 2.75) is 52.6 Å². The lowest BCUT2D eigenvalue weighted by Crippen LogP contribution is -2.45. The smallest absolute Gasteiger partial charge is 0.409 e. The standard InChI is InChI=1S/C16H26N2O2S/c1-5-20-16(19)18-8-6-14(7-9-18)17-12(3)15-10-11(2)21-13(15)4/h10,12,14,17H,5-9H2,1-4H3. The molecule has 1 amide bonds. The summed E-state index contributed by atoms with van der Waals surface area (Å²) >= 11 is 1.86. The Labute approximate surface area is 131 Å². The maximum Gasteiger partial charge on any atom is 0.409 e. The third-order valence-electron chi connectivity index (χ3n) is 4.05. The number of carbonyl (C=O) groups excluding carboxylic acids is 1. The SMILES string of the molecule is CCOC(=O)N1CCC(NC(C)c2cc(C)sc2C)CC1. The Morgan fingerprint density at radius 1 is 1.48 bits per heavy atom. The van der Waals surface area contributed by atoms with Crippen molar-refractivity contribution in [3.63, 3.8) is 0 Å². The van der Waals surface area contributed by atoms with Crippen molar-refractivity contribution in [3.05, 3.63) is 21.4 Å². The first-order chi connectivity index (χ1) is 10.0. The second kappa shape index (κ2) is 7.27. The van der Waals surface area contributed by atoms with Crippen LogP contribution in [0.25, 0.3) is 0 Å². The van der Waals surface area contributed by atoms with Crippen LogP contribution in [0.4, 0.5) is 4.79 Å². The van der Waals surface area contributed by atoms with Gasteiger partial charge in [-0.25, -0.2) is 4.79 Å². The maximum atomic E-state index is 11.7. The van der Waals surface area contributed by atoms with E-state index >= 15 is 0 Å². The van der Waals surface area contributed by atoms with E-state index in [2.05, 4.69) is 32.2 Å². The van der Waals surface area contributed by atoms with Crippen LogP contribution in [-0.4, -0.2) is 36.7 Å². The molecule has 1 N–H and O–H groups in total. The van der Waals surface area contributed by atoms with Gasteiger partial charge in [-0.05, 0) is 52.2 Å². The lowest BCUT2D eigenvalue weighted by Gasteiger charge is -2.33. The average Bonchev–Trinajstić information content (AvgIpc) is 2.79. The minimum Gasteiger partial charge on any atom is -0.450 e. The summed E-state index contributed by atoms with van der Waals surface area (Å²) in [5.74, 6) is 0. The lowest BCUT2D eigenvalue weighted by molar-refractivity contribution is 0.0944. The Morgan fingerprint density at radius 2 is 2.14 bits per heavy atom. The Hall–Kier alpha value is -1.07. The number of carbonyl (C=O) groups is 1. The third kappa shape index (κ3) is 4.20. The molecule has 2 rings (SSSR count). The number of nitrogens with zero attached hydrogens (tertiary/aromatic N) is 1. The van der Waals surface area contributed by atoms with E-state index < -0.39 is 0 Å². The van der Waals surface area contributed by atoms with Crippen LogP contribution in [0.5, 0.6) is 0 Å². The molecule has 1 aromatic heterocycles. The summed E-state index contributed by atoms with van der Waals surface area (Å²) in [4.78, 5) is 16.3. The van der Waals surface area contributed by atoms with E-state index in [1.54, 1.807) is 0 Å². The van der Waals surface area contributed by atoms with E-state index in [-0.39, 0.29) is 6.09 Å². The summed E-state index contributed by atoms with van der Waals surface area (Å²) in [6, 6.07) is 3.13. The van der Waals surface area contributed by atoms with Crippen LogP contribution in [-0.2, 0) is 4.74 Å². The molecule has 0 spiro atoms. The monoisotopic (exact) mass is 310 g/mol. The number of piperidine rings is 1. The zero-order chi connectivity index (χ0) is 15.4. The van der Waals surface area contributed by atoms with Gasteiger partial charge in [0.2, 0.25) is 0 Å². The van der Waals surface area contributed by atoms with Gasteiger partial charge in [0.1, 0.15) is 0 Å². The molecule has 1 atom stereocenters. The highest BCUT2D eigenvalue weighted by Crippen LogP contribution is 2.27. The second-order valence-corrected chi connectivity index (χ2v) is 7.18. The fraction of sp³-hybridized carbons (Fsp3) is 0.688. The first-order valence-corrected chi connectivity index (χ1v) is 8.57. The van der Waals surface area contributed by atoms with E-state index in [0.29, 0.717) is 18.7 Å². The van der Waals surface area contributed by atoms with Crippen LogP contribution in [0.15, 0.2) is 6.07 Å². The number of aryl methyl sites for hydroxylation is 2. The zero-order valence-corrected chi connectivity index (χ0v) is 14.3. The summed E-state index contributed by atoms with van der Waals surface area (Å²) in [6.45, 7) is 10.4. The number of hydrogen-bond donors (Lipinski definition) is 1. The quantitative estimate of drug-likeness (QED) is 0.923. The van der Waals surface area contributed by atoms with E-state index in [9.17, 15) is 4.79 Å². The highest BCUT2D eigenvalue weighted by atomic mass is 32.1. The van der Waals surface area contributed by atoms with E-state index in [1.165, 1.54) is 15.3 Å². The molecule has 2 heterocycles. The van der Waals surface area contributed by atoms with Crippen LogP contribution in [0.3, 0.4) is 0 Å². The predicted molar refractivity (Wildman–Crippen MR) is 87.0 cm³/mol. The lowest BCUT2D eigenvalue weighted by atomic mass is 10.0. The number of likely N-dealkylation sites (tertiary alicyclic amines) is 1. The molecule has 1 aromatic rings. The van der Waals surface area contributed by atoms with Gasteiger partial charge in [-0.3, -0.25) is 0 Å². The molecule has 21 heavy (non-hydrogen) atoms. The molecule has 0 saturated carbocycles. The number of thiophene rings is 1. The van der Waals surface area contributed by atoms with Crippen LogP contribution in [0.2, 0.25) is 0 Å². The minimum atomic E-state index is -0.173. The Balaban J connectivity index is 1.83. The summed E-state index contributed by atoms with van der Waals surface area (Å²) in [6.07, 6.45) is 1.81. The van der Waals surface area contributed by atoms with Crippen molar-refractivity contribution >= 4 is 17.4 Å². The van der Waals surface area contributed by atoms with Gasteiger partial charge in [-0.15, -0.1) is 11.3 Å². The highest BCUT2D eigenvalue weighted by Gasteiger charge is 2.25. The van der Waals surface area contributed by atoms with Crippen molar-refractivity contribution in [2.75, 3.05) is 19.7 Å². The molecular weight excluding hydrogens is 284 g/mol. The summed E-state index contributed by atoms with van der Waals surface area (Å²) < 4.78 is 5.05. The van der Waals surface area contributed by atoms with Crippen LogP contribution in [0.1, 0.15) is 48.0 Å². The van der Waals surface area contributed by atoms with Crippen molar-refractivity contribution in [1.29, 1.82) is 0 Å². The molecule has 0 radical (unpaired) electrons. The van der Waals surface area contributed by atoms with Gasteiger partial charge < -0.3 is 15.0 Å². The van der Waals surface area contributed by atoms with Crippen molar-refractivity contribution < 1.29 is 9.53 Å². The minimum absolute atomic E-state index is 0.173. The zero-order valence-electron chi connectivity index (χ0n) is 13.4. The fourth-order valence-electron chi connectivity index (χ4n) is 2.97. The van der Waals surface area contributed by atoms with Gasteiger partial charge in [0.25, 0.3) is 0 Å². The molecule has 1 aliphatic rings. The summed E-state index contributed by atoms with van der Waals surface area (Å²) in [5, 5.41) is 3.71. The third-order valence-corrected chi connectivity index (χ3v) is 5.03. The molecule has 4 nitrogen and oxygen atoms in total. The molecule has 1 saturated heterocycles. The van der Waals surface area contributed by atoms with Crippen LogP contribution < -0.4 is 5.32 Å². The van der Waals surface area contributed by atoms with Crippen molar-refractivity contribution in [2.24, 2.45) is 0 Å². The first-order valence-electron chi connectivity index (χ1n) is 7.76. The first kappa shape index (κ1) is 16.3. The molecular formula is C16H26N2O2S. The van der Waals surface area contributed by atoms with Gasteiger partial charge in [0, 0.05) is 34.9 Å². The topological polar surface area (TPSA) is 41.6 Å². The molecule has 5 heteroatoms. The second-order valence-electron chi connectivity index (χ2n) is 5.72. The van der Waals surface area contributed by atoms with Gasteiger partial charge >= 0.3 is 6.09 Å². The molecule has 1 fully saturated rings. The van der Waals surface area contributed by atoms with Crippen molar-refractivity contribution in [1.82, 2.24) is 10.2 Å². The number of ether oxygens (including phenoxy) is 1. The molecule has 0 aliphatic carbocycles. The predicted octanol–water partition coefficient (Wildman–Crippen LogP) is 3.64. The molecule has 118 valence electrons. The number of amides is 1. The van der Waals surface area contributed by atoms with Gasteiger partial charge in [-0.1, -0.05) is 0 Å². The van der Waals surface area contributed by atoms with Gasteiger partial charge in [0.15, 0.2) is 0 Å². The highest BCUT2D eigenvalue weighted by molar-refractivity contribution is 7.12. The van der Waals surface area contributed by atoms with E-state index in [1.807, 2.05) is 23.2 Å². The number of hydrogen-bond acceptors (Lipinski definition) is 4. The number of rotatable bonds is 4. The van der Waals surface area contributed by atoms with E-state index in [0.717, 1.165) is 25.9 Å². The maximum absolute atomic E-state index is 11.7.